The van der Waals surface area contributed by atoms with E-state index >= 15 is 0 Å². The molecular weight excluding hydrogens is 404 g/mol. The largest absolute Gasteiger partial charge is 0.497 e. The first-order valence-electron chi connectivity index (χ1n) is 10.9. The van der Waals surface area contributed by atoms with E-state index in [0.29, 0.717) is 19.5 Å². The molecule has 1 fully saturated rings. The third kappa shape index (κ3) is 5.60. The quantitative estimate of drug-likeness (QED) is 0.524. The summed E-state index contributed by atoms with van der Waals surface area (Å²) >= 11 is 4.72. The summed E-state index contributed by atoms with van der Waals surface area (Å²) in [4.78, 5) is 15.2. The van der Waals surface area contributed by atoms with E-state index in [1.54, 1.807) is 7.11 Å². The number of hydrogen-bond acceptors (Lipinski definition) is 4. The second-order valence-corrected chi connectivity index (χ2v) is 8.88. The molecule has 1 heterocycles. The molecule has 162 valence electrons. The Kier molecular flexibility index (Phi) is 7.15. The second kappa shape index (κ2) is 10.2. The maximum absolute atomic E-state index is 13.2. The van der Waals surface area contributed by atoms with Crippen LogP contribution in [0.4, 0.5) is 0 Å². The van der Waals surface area contributed by atoms with Gasteiger partial charge in [0.05, 0.1) is 13.5 Å². The van der Waals surface area contributed by atoms with Gasteiger partial charge in [0.2, 0.25) is 5.91 Å². The first kappa shape index (κ1) is 21.7. The average Bonchev–Trinajstić information content (AvgIpc) is 3.21. The molecule has 4 rings (SSSR count). The molecule has 2 atom stereocenters. The smallest absolute Gasteiger partial charge is 0.227 e. The van der Waals surface area contributed by atoms with Crippen LogP contribution in [0, 0.1) is 0 Å². The lowest BCUT2D eigenvalue weighted by molar-refractivity contribution is -0.130. The summed E-state index contributed by atoms with van der Waals surface area (Å²) in [6.45, 7) is 2.35. The molecule has 1 aliphatic heterocycles. The summed E-state index contributed by atoms with van der Waals surface area (Å²) in [5.41, 5.74) is 2.26. The SMILES string of the molecule is COc1ccc(CC(=O)N(CCc2ccc3ccccc3c2)C[C@H]2NCC[C@H]2S)cc1. The Bertz CT molecular complexity index is 1020. The highest BCUT2D eigenvalue weighted by molar-refractivity contribution is 7.81. The fourth-order valence-corrected chi connectivity index (χ4v) is 4.51. The Morgan fingerprint density at radius 1 is 1.06 bits per heavy atom. The van der Waals surface area contributed by atoms with Gasteiger partial charge in [-0.25, -0.2) is 0 Å². The Balaban J connectivity index is 1.46. The summed E-state index contributed by atoms with van der Waals surface area (Å²) in [7, 11) is 1.65. The monoisotopic (exact) mass is 434 g/mol. The van der Waals surface area contributed by atoms with Crippen LogP contribution in [-0.4, -0.2) is 48.8 Å². The number of rotatable bonds is 8. The molecule has 0 saturated carbocycles. The predicted molar refractivity (Wildman–Crippen MR) is 130 cm³/mol. The van der Waals surface area contributed by atoms with Gasteiger partial charge >= 0.3 is 0 Å². The van der Waals surface area contributed by atoms with Crippen molar-refractivity contribution in [1.29, 1.82) is 0 Å². The number of nitrogens with one attached hydrogen (secondary N) is 1. The maximum Gasteiger partial charge on any atom is 0.227 e. The summed E-state index contributed by atoms with van der Waals surface area (Å²) in [5, 5.41) is 6.28. The van der Waals surface area contributed by atoms with Gasteiger partial charge in [-0.2, -0.15) is 12.6 Å². The van der Waals surface area contributed by atoms with Crippen molar-refractivity contribution in [3.05, 3.63) is 77.9 Å². The lowest BCUT2D eigenvalue weighted by atomic mass is 10.0. The molecule has 1 aliphatic rings. The first-order valence-corrected chi connectivity index (χ1v) is 11.4. The van der Waals surface area contributed by atoms with Gasteiger partial charge in [0, 0.05) is 24.4 Å². The van der Waals surface area contributed by atoms with Crippen LogP contribution in [0.1, 0.15) is 17.5 Å². The van der Waals surface area contributed by atoms with Crippen molar-refractivity contribution >= 4 is 29.3 Å². The number of carbonyl (C=O) groups excluding carboxylic acids is 1. The van der Waals surface area contributed by atoms with Crippen molar-refractivity contribution in [2.75, 3.05) is 26.7 Å². The van der Waals surface area contributed by atoms with Gasteiger partial charge in [-0.05, 0) is 53.4 Å². The van der Waals surface area contributed by atoms with Crippen LogP contribution in [0.15, 0.2) is 66.7 Å². The molecule has 0 radical (unpaired) electrons. The Hall–Kier alpha value is -2.50. The van der Waals surface area contributed by atoms with Crippen LogP contribution >= 0.6 is 12.6 Å². The number of nitrogens with zero attached hydrogens (tertiary/aromatic N) is 1. The summed E-state index contributed by atoms with van der Waals surface area (Å²) in [6.07, 6.45) is 2.27. The number of ether oxygens (including phenoxy) is 1. The molecule has 4 nitrogen and oxygen atoms in total. The Labute approximate surface area is 190 Å². The lowest BCUT2D eigenvalue weighted by Gasteiger charge is -2.28. The molecule has 0 aliphatic carbocycles. The third-order valence-corrected chi connectivity index (χ3v) is 6.70. The first-order chi connectivity index (χ1) is 15.1. The normalized spacial score (nSPS) is 18.3. The van der Waals surface area contributed by atoms with Crippen molar-refractivity contribution < 1.29 is 9.53 Å². The van der Waals surface area contributed by atoms with Gasteiger partial charge in [0.15, 0.2) is 0 Å². The molecule has 5 heteroatoms. The molecule has 0 unspecified atom stereocenters. The molecule has 1 amide bonds. The topological polar surface area (TPSA) is 41.6 Å². The number of carbonyl (C=O) groups is 1. The van der Waals surface area contributed by atoms with Crippen molar-refractivity contribution in [1.82, 2.24) is 10.2 Å². The number of methoxy groups -OCH3 is 1. The third-order valence-electron chi connectivity index (χ3n) is 6.08. The Morgan fingerprint density at radius 2 is 1.81 bits per heavy atom. The summed E-state index contributed by atoms with van der Waals surface area (Å²) < 4.78 is 5.23. The van der Waals surface area contributed by atoms with Gasteiger partial charge in [0.25, 0.3) is 0 Å². The molecule has 3 aromatic rings. The minimum Gasteiger partial charge on any atom is -0.497 e. The van der Waals surface area contributed by atoms with Crippen molar-refractivity contribution in [3.63, 3.8) is 0 Å². The number of hydrogen-bond donors (Lipinski definition) is 2. The number of thiol groups is 1. The molecule has 1 saturated heterocycles. The maximum atomic E-state index is 13.2. The van der Waals surface area contributed by atoms with E-state index < -0.39 is 0 Å². The summed E-state index contributed by atoms with van der Waals surface area (Å²) in [5.74, 6) is 0.956. The van der Waals surface area contributed by atoms with Crippen LogP contribution in [-0.2, 0) is 17.6 Å². The van der Waals surface area contributed by atoms with Gasteiger partial charge in [-0.3, -0.25) is 4.79 Å². The van der Waals surface area contributed by atoms with E-state index in [4.69, 9.17) is 17.4 Å². The highest BCUT2D eigenvalue weighted by Gasteiger charge is 2.27. The molecular formula is C26H30N2O2S. The number of benzene rings is 3. The number of amides is 1. The van der Waals surface area contributed by atoms with Crippen LogP contribution in [0.25, 0.3) is 10.8 Å². The molecule has 0 aromatic heterocycles. The van der Waals surface area contributed by atoms with E-state index in [0.717, 1.165) is 30.7 Å². The minimum absolute atomic E-state index is 0.153. The van der Waals surface area contributed by atoms with E-state index in [9.17, 15) is 4.79 Å². The lowest BCUT2D eigenvalue weighted by Crippen LogP contribution is -2.45. The fourth-order valence-electron chi connectivity index (χ4n) is 4.18. The highest BCUT2D eigenvalue weighted by atomic mass is 32.1. The molecule has 3 aromatic carbocycles. The zero-order valence-corrected chi connectivity index (χ0v) is 18.9. The van der Waals surface area contributed by atoms with Crippen LogP contribution < -0.4 is 10.1 Å². The average molecular weight is 435 g/mol. The molecule has 0 spiro atoms. The summed E-state index contributed by atoms with van der Waals surface area (Å²) in [6, 6.07) is 22.9. The van der Waals surface area contributed by atoms with E-state index in [1.807, 2.05) is 29.2 Å². The van der Waals surface area contributed by atoms with Crippen LogP contribution in [0.2, 0.25) is 0 Å². The fraction of sp³-hybridized carbons (Fsp3) is 0.346. The van der Waals surface area contributed by atoms with E-state index in [2.05, 4.69) is 47.8 Å². The van der Waals surface area contributed by atoms with Gasteiger partial charge < -0.3 is 15.0 Å². The van der Waals surface area contributed by atoms with Gasteiger partial charge in [0.1, 0.15) is 5.75 Å². The predicted octanol–water partition coefficient (Wildman–Crippen LogP) is 4.12. The van der Waals surface area contributed by atoms with Crippen LogP contribution in [0.5, 0.6) is 5.75 Å². The highest BCUT2D eigenvalue weighted by Crippen LogP contribution is 2.19. The van der Waals surface area contributed by atoms with E-state index in [-0.39, 0.29) is 17.2 Å². The number of fused-ring (bicyclic) bond motifs is 1. The molecule has 1 N–H and O–H groups in total. The molecule has 0 bridgehead atoms. The molecule has 31 heavy (non-hydrogen) atoms. The van der Waals surface area contributed by atoms with Crippen molar-refractivity contribution in [2.24, 2.45) is 0 Å². The zero-order valence-electron chi connectivity index (χ0n) is 18.0. The standard InChI is InChI=1S/C26H30N2O2S/c1-30-23-10-7-19(8-11-23)17-26(29)28(18-24-25(31)12-14-27-24)15-13-20-6-9-21-4-2-3-5-22(21)16-20/h2-11,16,24-25,27,31H,12-15,17-18H2,1H3/t24-,25-/m1/s1. The van der Waals surface area contributed by atoms with Crippen molar-refractivity contribution in [3.8, 4) is 5.75 Å². The van der Waals surface area contributed by atoms with Crippen molar-refractivity contribution in [2.45, 2.75) is 30.6 Å². The van der Waals surface area contributed by atoms with E-state index in [1.165, 1.54) is 16.3 Å². The zero-order chi connectivity index (χ0) is 21.6. The minimum atomic E-state index is 0.153. The Morgan fingerprint density at radius 3 is 2.52 bits per heavy atom. The van der Waals surface area contributed by atoms with Crippen LogP contribution in [0.3, 0.4) is 0 Å². The van der Waals surface area contributed by atoms with Gasteiger partial charge in [-0.1, -0.05) is 54.6 Å². The van der Waals surface area contributed by atoms with Gasteiger partial charge in [-0.15, -0.1) is 0 Å². The second-order valence-electron chi connectivity index (χ2n) is 8.21.